The molecule has 0 bridgehead atoms. The minimum atomic E-state index is -3.76. The van der Waals surface area contributed by atoms with Gasteiger partial charge in [0.05, 0.1) is 4.90 Å². The van der Waals surface area contributed by atoms with Crippen molar-refractivity contribution in [3.8, 4) is 0 Å². The second kappa shape index (κ2) is 8.69. The highest BCUT2D eigenvalue weighted by Gasteiger charge is 2.39. The Labute approximate surface area is 184 Å². The molecule has 1 aliphatic rings. The Morgan fingerprint density at radius 3 is 2.54 bits per heavy atom. The molecule has 28 heavy (non-hydrogen) atoms. The number of hydrogen-bond acceptors (Lipinski definition) is 3. The number of nitrogens with zero attached hydrogens (tertiary/aromatic N) is 1. The number of halogens is 2. The quantitative estimate of drug-likeness (QED) is 0.560. The van der Waals surface area contributed by atoms with E-state index in [0.29, 0.717) is 24.4 Å². The standard InChI is InChI=1S/C20H22ClIN2O3S/c1-13(2)17-12-15(22)7-10-18(17)23-20(25)19-4-3-11-24(19)28(26,27)16-8-5-14(21)6-9-16/h5-10,12-13,19H,3-4,11H2,1-2H3,(H,23,25)/t19-/m1/s1. The Hall–Kier alpha value is -1.16. The van der Waals surface area contributed by atoms with Crippen molar-refractivity contribution < 1.29 is 13.2 Å². The summed E-state index contributed by atoms with van der Waals surface area (Å²) in [5, 5.41) is 3.42. The number of sulfonamides is 1. The predicted octanol–water partition coefficient (Wildman–Crippen LogP) is 4.86. The molecule has 5 nitrogen and oxygen atoms in total. The molecule has 1 atom stereocenters. The molecule has 1 aliphatic heterocycles. The van der Waals surface area contributed by atoms with Crippen molar-refractivity contribution in [3.05, 3.63) is 56.6 Å². The molecule has 2 aromatic rings. The molecule has 1 N–H and O–H groups in total. The number of benzene rings is 2. The first-order valence-corrected chi connectivity index (χ1v) is 12.0. The number of rotatable bonds is 5. The molecule has 0 unspecified atom stereocenters. The monoisotopic (exact) mass is 532 g/mol. The molecule has 2 aromatic carbocycles. The lowest BCUT2D eigenvalue weighted by Crippen LogP contribution is -2.43. The molecule has 3 rings (SSSR count). The second-order valence-electron chi connectivity index (χ2n) is 7.10. The van der Waals surface area contributed by atoms with Crippen molar-refractivity contribution in [1.29, 1.82) is 0 Å². The van der Waals surface area contributed by atoms with Crippen molar-refractivity contribution in [3.63, 3.8) is 0 Å². The van der Waals surface area contributed by atoms with Crippen molar-refractivity contribution in [1.82, 2.24) is 4.31 Å². The molecule has 1 saturated heterocycles. The molecule has 0 aromatic heterocycles. The normalized spacial score (nSPS) is 17.8. The summed E-state index contributed by atoms with van der Waals surface area (Å²) in [5.74, 6) is -0.0550. The maximum atomic E-state index is 13.0. The van der Waals surface area contributed by atoms with Crippen LogP contribution in [-0.4, -0.2) is 31.2 Å². The van der Waals surface area contributed by atoms with E-state index in [2.05, 4.69) is 41.8 Å². The van der Waals surface area contributed by atoms with E-state index < -0.39 is 16.1 Å². The largest absolute Gasteiger partial charge is 0.324 e. The Morgan fingerprint density at radius 1 is 1.21 bits per heavy atom. The van der Waals surface area contributed by atoms with Crippen LogP contribution in [0, 0.1) is 3.57 Å². The second-order valence-corrected chi connectivity index (χ2v) is 10.7. The number of hydrogen-bond donors (Lipinski definition) is 1. The lowest BCUT2D eigenvalue weighted by atomic mass is 10.0. The van der Waals surface area contributed by atoms with E-state index in [9.17, 15) is 13.2 Å². The maximum Gasteiger partial charge on any atom is 0.243 e. The van der Waals surface area contributed by atoms with Crippen LogP contribution in [-0.2, 0) is 14.8 Å². The molecule has 150 valence electrons. The molecule has 1 amide bonds. The van der Waals surface area contributed by atoms with Crippen LogP contribution in [0.4, 0.5) is 5.69 Å². The van der Waals surface area contributed by atoms with E-state index in [-0.39, 0.29) is 16.7 Å². The topological polar surface area (TPSA) is 66.5 Å². The molecule has 0 spiro atoms. The van der Waals surface area contributed by atoms with Gasteiger partial charge in [-0.1, -0.05) is 25.4 Å². The first kappa shape index (κ1) is 21.5. The summed E-state index contributed by atoms with van der Waals surface area (Å²) in [7, 11) is -3.76. The van der Waals surface area contributed by atoms with Gasteiger partial charge in [0.1, 0.15) is 6.04 Å². The highest BCUT2D eigenvalue weighted by atomic mass is 127. The van der Waals surface area contributed by atoms with Gasteiger partial charge < -0.3 is 5.32 Å². The minimum absolute atomic E-state index is 0.147. The average Bonchev–Trinajstić information content (AvgIpc) is 3.14. The number of carbonyl (C=O) groups excluding carboxylic acids is 1. The van der Waals surface area contributed by atoms with Gasteiger partial charge in [-0.15, -0.1) is 0 Å². The Morgan fingerprint density at radius 2 is 1.89 bits per heavy atom. The Balaban J connectivity index is 1.85. The van der Waals surface area contributed by atoms with E-state index in [1.807, 2.05) is 18.2 Å². The van der Waals surface area contributed by atoms with Gasteiger partial charge in [-0.2, -0.15) is 4.31 Å². The van der Waals surface area contributed by atoms with Gasteiger partial charge in [0.2, 0.25) is 15.9 Å². The number of nitrogens with one attached hydrogen (secondary N) is 1. The third kappa shape index (κ3) is 4.53. The lowest BCUT2D eigenvalue weighted by molar-refractivity contribution is -0.119. The van der Waals surface area contributed by atoms with E-state index in [1.165, 1.54) is 16.4 Å². The molecular formula is C20H22ClIN2O3S. The number of amides is 1. The zero-order valence-electron chi connectivity index (χ0n) is 15.7. The van der Waals surface area contributed by atoms with Gasteiger partial charge in [0.25, 0.3) is 0 Å². The van der Waals surface area contributed by atoms with Crippen LogP contribution in [0.25, 0.3) is 0 Å². The fourth-order valence-electron chi connectivity index (χ4n) is 3.37. The molecule has 1 fully saturated rings. The smallest absolute Gasteiger partial charge is 0.243 e. The number of anilines is 1. The molecule has 0 saturated carbocycles. The number of carbonyl (C=O) groups is 1. The lowest BCUT2D eigenvalue weighted by Gasteiger charge is -2.24. The van der Waals surface area contributed by atoms with Gasteiger partial charge in [0, 0.05) is 20.8 Å². The van der Waals surface area contributed by atoms with Gasteiger partial charge >= 0.3 is 0 Å². The van der Waals surface area contributed by atoms with E-state index in [1.54, 1.807) is 12.1 Å². The highest BCUT2D eigenvalue weighted by molar-refractivity contribution is 14.1. The average molecular weight is 533 g/mol. The van der Waals surface area contributed by atoms with Crippen LogP contribution in [0.5, 0.6) is 0 Å². The zero-order chi connectivity index (χ0) is 20.5. The molecule has 1 heterocycles. The summed E-state index contributed by atoms with van der Waals surface area (Å²) in [4.78, 5) is 13.1. The summed E-state index contributed by atoms with van der Waals surface area (Å²) in [6.07, 6.45) is 1.15. The third-order valence-corrected chi connectivity index (χ3v) is 7.67. The molecule has 0 aliphatic carbocycles. The first-order valence-electron chi connectivity index (χ1n) is 9.08. The fraction of sp³-hybridized carbons (Fsp3) is 0.350. The van der Waals surface area contributed by atoms with Gasteiger partial charge in [-0.05, 0) is 89.4 Å². The van der Waals surface area contributed by atoms with Gasteiger partial charge in [-0.3, -0.25) is 4.79 Å². The van der Waals surface area contributed by atoms with Crippen molar-refractivity contribution in [2.75, 3.05) is 11.9 Å². The van der Waals surface area contributed by atoms with Gasteiger partial charge in [0.15, 0.2) is 0 Å². The predicted molar refractivity (Wildman–Crippen MR) is 120 cm³/mol. The molecular weight excluding hydrogens is 511 g/mol. The zero-order valence-corrected chi connectivity index (χ0v) is 19.4. The van der Waals surface area contributed by atoms with Crippen LogP contribution in [0.3, 0.4) is 0 Å². The highest BCUT2D eigenvalue weighted by Crippen LogP contribution is 2.30. The van der Waals surface area contributed by atoms with E-state index in [0.717, 1.165) is 14.8 Å². The van der Waals surface area contributed by atoms with Gasteiger partial charge in [-0.25, -0.2) is 8.42 Å². The summed E-state index contributed by atoms with van der Waals surface area (Å²) >= 11 is 8.11. The van der Waals surface area contributed by atoms with E-state index >= 15 is 0 Å². The molecule has 8 heteroatoms. The summed E-state index contributed by atoms with van der Waals surface area (Å²) in [6, 6.07) is 11.2. The van der Waals surface area contributed by atoms with Crippen LogP contribution in [0.15, 0.2) is 47.4 Å². The van der Waals surface area contributed by atoms with Crippen LogP contribution >= 0.6 is 34.2 Å². The summed E-state index contributed by atoms with van der Waals surface area (Å²) in [5.41, 5.74) is 1.77. The van der Waals surface area contributed by atoms with Crippen LogP contribution in [0.1, 0.15) is 38.2 Å². The van der Waals surface area contributed by atoms with Crippen LogP contribution < -0.4 is 5.32 Å². The fourth-order valence-corrected chi connectivity index (χ4v) is 5.67. The summed E-state index contributed by atoms with van der Waals surface area (Å²) in [6.45, 7) is 4.45. The third-order valence-electron chi connectivity index (χ3n) is 4.82. The van der Waals surface area contributed by atoms with E-state index in [4.69, 9.17) is 11.6 Å². The molecule has 0 radical (unpaired) electrons. The van der Waals surface area contributed by atoms with Crippen LogP contribution in [0.2, 0.25) is 5.02 Å². The maximum absolute atomic E-state index is 13.0. The Kier molecular flexibility index (Phi) is 6.69. The Bertz CT molecular complexity index is 977. The van der Waals surface area contributed by atoms with Crippen molar-refractivity contribution >= 4 is 55.8 Å². The van der Waals surface area contributed by atoms with Crippen molar-refractivity contribution in [2.24, 2.45) is 0 Å². The summed E-state index contributed by atoms with van der Waals surface area (Å²) < 4.78 is 28.5. The first-order chi connectivity index (χ1) is 13.2. The van der Waals surface area contributed by atoms with Crippen molar-refractivity contribution in [2.45, 2.75) is 43.5 Å². The minimum Gasteiger partial charge on any atom is -0.324 e. The SMILES string of the molecule is CC(C)c1cc(I)ccc1NC(=O)[C@H]1CCCN1S(=O)(=O)c1ccc(Cl)cc1.